The van der Waals surface area contributed by atoms with Crippen molar-refractivity contribution < 1.29 is 5.48 Å². The van der Waals surface area contributed by atoms with Crippen molar-refractivity contribution in [2.45, 2.75) is 46.0 Å². The summed E-state index contributed by atoms with van der Waals surface area (Å²) in [7, 11) is 0. The van der Waals surface area contributed by atoms with Crippen LogP contribution in [0, 0.1) is 11.8 Å². The predicted octanol–water partition coefficient (Wildman–Crippen LogP) is 2.46. The van der Waals surface area contributed by atoms with Crippen LogP contribution < -0.4 is 0 Å². The van der Waals surface area contributed by atoms with E-state index in [1.807, 2.05) is 0 Å². The minimum atomic E-state index is 0. The van der Waals surface area contributed by atoms with Gasteiger partial charge in [0.15, 0.2) is 0 Å². The fraction of sp³-hybridized carbons (Fsp3) is 1.00. The normalized spacial score (nSPS) is 30.0. The molecule has 0 bridgehead atoms. The first-order chi connectivity index (χ1) is 4.33. The Labute approximate surface area is 73.9 Å². The Morgan fingerprint density at radius 3 is 1.91 bits per heavy atom. The average molecular weight is 178 g/mol. The first-order valence-corrected chi connectivity index (χ1v) is 4.33. The molecule has 1 fully saturated rings. The lowest BCUT2D eigenvalue weighted by molar-refractivity contribution is 0.284. The van der Waals surface area contributed by atoms with Crippen molar-refractivity contribution in [2.75, 3.05) is 0 Å². The molecule has 11 heavy (non-hydrogen) atoms. The third-order valence-electron chi connectivity index (χ3n) is 2.71. The molecule has 2 heteroatoms. The topological polar surface area (TPSA) is 31.5 Å². The molecule has 1 aliphatic rings. The Balaban J connectivity index is 0. The largest absolute Gasteiger partial charge is 0.412 e. The minimum absolute atomic E-state index is 0. The van der Waals surface area contributed by atoms with Crippen molar-refractivity contribution >= 4 is 9.90 Å². The zero-order chi connectivity index (χ0) is 6.69. The first-order valence-electron chi connectivity index (χ1n) is 4.33. The molecule has 1 saturated carbocycles. The van der Waals surface area contributed by atoms with Gasteiger partial charge in [-0.1, -0.05) is 46.0 Å². The second-order valence-corrected chi connectivity index (χ2v) is 3.53. The van der Waals surface area contributed by atoms with Crippen molar-refractivity contribution in [3.8, 4) is 0 Å². The zero-order valence-electron chi connectivity index (χ0n) is 7.90. The maximum atomic E-state index is 2.38. The molecule has 1 rings (SSSR count). The molecule has 0 aliphatic heterocycles. The van der Waals surface area contributed by atoms with Gasteiger partial charge in [-0.15, -0.1) is 0 Å². The second-order valence-electron chi connectivity index (χ2n) is 3.53. The summed E-state index contributed by atoms with van der Waals surface area (Å²) in [6, 6.07) is 0. The highest BCUT2D eigenvalue weighted by Gasteiger charge is 2.15. The average Bonchev–Trinajstić information content (AvgIpc) is 1.90. The summed E-state index contributed by atoms with van der Waals surface area (Å²) in [5, 5.41) is 0. The highest BCUT2D eigenvalue weighted by Crippen LogP contribution is 2.29. The van der Waals surface area contributed by atoms with Gasteiger partial charge in [0.2, 0.25) is 0 Å². The van der Waals surface area contributed by atoms with Gasteiger partial charge in [0.1, 0.15) is 0 Å². The maximum absolute atomic E-state index is 2.38. The van der Waals surface area contributed by atoms with Gasteiger partial charge in [-0.3, -0.25) is 0 Å². The Morgan fingerprint density at radius 1 is 1.09 bits per heavy atom. The van der Waals surface area contributed by atoms with Gasteiger partial charge in [0.25, 0.3) is 0 Å². The van der Waals surface area contributed by atoms with Crippen LogP contribution in [0.4, 0.5) is 0 Å². The molecular weight excluding hydrogens is 155 g/mol. The van der Waals surface area contributed by atoms with E-state index in [1.54, 1.807) is 0 Å². The Morgan fingerprint density at radius 2 is 1.55 bits per heavy atom. The predicted molar refractivity (Wildman–Crippen MR) is 56.1 cm³/mol. The smallest absolute Gasteiger partial charge is 0.0417 e. The van der Waals surface area contributed by atoms with Crippen molar-refractivity contribution in [2.24, 2.45) is 11.8 Å². The molecular formula is C9H23OP. The lowest BCUT2D eigenvalue weighted by Crippen LogP contribution is -2.10. The first kappa shape index (κ1) is 13.9. The van der Waals surface area contributed by atoms with Crippen LogP contribution in [0.1, 0.15) is 46.0 Å². The molecule has 0 aromatic heterocycles. The van der Waals surface area contributed by atoms with Gasteiger partial charge in [-0.05, 0) is 11.8 Å². The number of rotatable bonds is 1. The van der Waals surface area contributed by atoms with Crippen LogP contribution in [0.2, 0.25) is 0 Å². The summed E-state index contributed by atoms with van der Waals surface area (Å²) in [5.74, 6) is 2.09. The van der Waals surface area contributed by atoms with Gasteiger partial charge < -0.3 is 5.48 Å². The molecule has 70 valence electrons. The van der Waals surface area contributed by atoms with Crippen LogP contribution in [0.3, 0.4) is 0 Å². The summed E-state index contributed by atoms with van der Waals surface area (Å²) in [6.07, 6.45) is 7.37. The number of hydrogen-bond acceptors (Lipinski definition) is 0. The molecule has 0 saturated heterocycles. The van der Waals surface area contributed by atoms with Crippen molar-refractivity contribution in [3.05, 3.63) is 0 Å². The molecule has 0 heterocycles. The van der Waals surface area contributed by atoms with E-state index >= 15 is 0 Å². The third kappa shape index (κ3) is 4.76. The van der Waals surface area contributed by atoms with E-state index in [4.69, 9.17) is 0 Å². The fourth-order valence-electron chi connectivity index (χ4n) is 1.74. The molecule has 1 nitrogen and oxygen atoms in total. The van der Waals surface area contributed by atoms with Gasteiger partial charge in [-0.25, -0.2) is 0 Å². The third-order valence-corrected chi connectivity index (χ3v) is 2.71. The molecule has 0 radical (unpaired) electrons. The molecule has 0 spiro atoms. The van der Waals surface area contributed by atoms with Crippen molar-refractivity contribution in [3.63, 3.8) is 0 Å². The lowest BCUT2D eigenvalue weighted by Gasteiger charge is -2.24. The fourth-order valence-corrected chi connectivity index (χ4v) is 1.74. The van der Waals surface area contributed by atoms with Gasteiger partial charge in [0, 0.05) is 0 Å². The van der Waals surface area contributed by atoms with Gasteiger partial charge in [-0.2, -0.15) is 9.90 Å². The van der Waals surface area contributed by atoms with E-state index in [9.17, 15) is 0 Å². The van der Waals surface area contributed by atoms with Crippen molar-refractivity contribution in [1.29, 1.82) is 0 Å². The standard InChI is InChI=1S/C9H18.H2O.H3P/c1-3-9-6-4-8(2)5-7-9;;/h8-9H,3-7H2,1-2H3;1H2;1H3. The summed E-state index contributed by atoms with van der Waals surface area (Å²) >= 11 is 0. The molecule has 1 atom stereocenters. The highest BCUT2D eigenvalue weighted by molar-refractivity contribution is 6.92. The van der Waals surface area contributed by atoms with Crippen LogP contribution in [0.25, 0.3) is 0 Å². The summed E-state index contributed by atoms with van der Waals surface area (Å²) in [6.45, 7) is 4.70. The SMILES string of the molecule is CCC1CCC(C)CC1.O.P. The van der Waals surface area contributed by atoms with E-state index in [0.29, 0.717) is 0 Å². The van der Waals surface area contributed by atoms with Gasteiger partial charge in [0.05, 0.1) is 0 Å². The van der Waals surface area contributed by atoms with Crippen LogP contribution in [0.5, 0.6) is 0 Å². The molecule has 0 aromatic carbocycles. The molecule has 0 amide bonds. The number of hydrogen-bond donors (Lipinski definition) is 0. The van der Waals surface area contributed by atoms with E-state index < -0.39 is 0 Å². The second kappa shape index (κ2) is 7.06. The molecule has 1 unspecified atom stereocenters. The van der Waals surface area contributed by atoms with E-state index in [-0.39, 0.29) is 15.4 Å². The van der Waals surface area contributed by atoms with Crippen LogP contribution >= 0.6 is 9.90 Å². The molecule has 1 aliphatic carbocycles. The van der Waals surface area contributed by atoms with E-state index in [2.05, 4.69) is 13.8 Å². The molecule has 2 N–H and O–H groups in total. The van der Waals surface area contributed by atoms with Crippen LogP contribution in [-0.2, 0) is 0 Å². The summed E-state index contributed by atoms with van der Waals surface area (Å²) in [5.41, 5.74) is 0. The van der Waals surface area contributed by atoms with Gasteiger partial charge >= 0.3 is 0 Å². The summed E-state index contributed by atoms with van der Waals surface area (Å²) in [4.78, 5) is 0. The zero-order valence-corrected chi connectivity index (χ0v) is 9.31. The molecule has 0 aromatic rings. The van der Waals surface area contributed by atoms with Crippen molar-refractivity contribution in [1.82, 2.24) is 0 Å². The maximum Gasteiger partial charge on any atom is -0.0417 e. The minimum Gasteiger partial charge on any atom is -0.412 e. The quantitative estimate of drug-likeness (QED) is 0.552. The summed E-state index contributed by atoms with van der Waals surface area (Å²) < 4.78 is 0. The monoisotopic (exact) mass is 178 g/mol. The Bertz CT molecular complexity index is 77.6. The van der Waals surface area contributed by atoms with Crippen LogP contribution in [-0.4, -0.2) is 5.48 Å². The van der Waals surface area contributed by atoms with E-state index in [0.717, 1.165) is 11.8 Å². The van der Waals surface area contributed by atoms with Crippen LogP contribution in [0.15, 0.2) is 0 Å². The highest BCUT2D eigenvalue weighted by atomic mass is 31.0. The lowest BCUT2D eigenvalue weighted by atomic mass is 9.82. The Hall–Kier alpha value is 0.390. The Kier molecular flexibility index (Phi) is 8.95. The van der Waals surface area contributed by atoms with E-state index in [1.165, 1.54) is 32.1 Å².